The number of rotatable bonds is 1. The van der Waals surface area contributed by atoms with Gasteiger partial charge in [0.1, 0.15) is 0 Å². The highest BCUT2D eigenvalue weighted by molar-refractivity contribution is 6.31. The number of imide groups is 1. The molecule has 2 fully saturated rings. The zero-order valence-electron chi connectivity index (χ0n) is 10.8. The van der Waals surface area contributed by atoms with Crippen LogP contribution in [0, 0.1) is 17.8 Å². The maximum Gasteiger partial charge on any atom is 0.237 e. The molecule has 3 rings (SSSR count). The third-order valence-corrected chi connectivity index (χ3v) is 4.49. The molecule has 0 unspecified atom stereocenters. The summed E-state index contributed by atoms with van der Waals surface area (Å²) in [5, 5.41) is 0.543. The Morgan fingerprint density at radius 1 is 1.16 bits per heavy atom. The molecule has 0 aromatic heterocycles. The molecule has 0 spiro atoms. The third-order valence-electron chi connectivity index (χ3n) is 4.25. The molecule has 100 valence electrons. The van der Waals surface area contributed by atoms with Gasteiger partial charge in [0.05, 0.1) is 17.5 Å². The summed E-state index contributed by atoms with van der Waals surface area (Å²) in [5.74, 6) is 0.170. The van der Waals surface area contributed by atoms with Crippen molar-refractivity contribution < 1.29 is 9.59 Å². The van der Waals surface area contributed by atoms with Gasteiger partial charge < -0.3 is 0 Å². The number of fused-ring (bicyclic) bond motifs is 1. The highest BCUT2D eigenvalue weighted by atomic mass is 35.5. The van der Waals surface area contributed by atoms with E-state index in [0.717, 1.165) is 19.3 Å². The van der Waals surface area contributed by atoms with Crippen LogP contribution in [0.25, 0.3) is 0 Å². The predicted molar refractivity (Wildman–Crippen MR) is 73.9 cm³/mol. The average Bonchev–Trinajstić information content (AvgIpc) is 2.61. The van der Waals surface area contributed by atoms with E-state index in [2.05, 4.69) is 6.92 Å². The molecule has 0 bridgehead atoms. The summed E-state index contributed by atoms with van der Waals surface area (Å²) < 4.78 is 0. The first kappa shape index (κ1) is 12.7. The van der Waals surface area contributed by atoms with Crippen LogP contribution < -0.4 is 4.90 Å². The third kappa shape index (κ3) is 2.06. The Bertz CT molecular complexity index is 543. The van der Waals surface area contributed by atoms with Crippen molar-refractivity contribution in [2.45, 2.75) is 26.2 Å². The van der Waals surface area contributed by atoms with Gasteiger partial charge in [0.15, 0.2) is 0 Å². The summed E-state index contributed by atoms with van der Waals surface area (Å²) in [6.07, 6.45) is 2.68. The molecule has 4 heteroatoms. The molecule has 1 aromatic carbocycles. The van der Waals surface area contributed by atoms with Crippen LogP contribution in [0.4, 0.5) is 5.69 Å². The van der Waals surface area contributed by atoms with E-state index < -0.39 is 0 Å². The van der Waals surface area contributed by atoms with Crippen LogP contribution in [0.3, 0.4) is 0 Å². The lowest BCUT2D eigenvalue weighted by Crippen LogP contribution is -2.30. The second-order valence-corrected chi connectivity index (χ2v) is 6.06. The van der Waals surface area contributed by atoms with E-state index in [1.54, 1.807) is 24.3 Å². The second-order valence-electron chi connectivity index (χ2n) is 5.62. The normalized spacial score (nSPS) is 30.6. The Labute approximate surface area is 117 Å². The van der Waals surface area contributed by atoms with Crippen LogP contribution >= 0.6 is 11.6 Å². The molecule has 2 amide bonds. The first-order chi connectivity index (χ1) is 9.08. The largest absolute Gasteiger partial charge is 0.274 e. The lowest BCUT2D eigenvalue weighted by atomic mass is 9.76. The van der Waals surface area contributed by atoms with E-state index in [1.807, 2.05) is 0 Å². The molecule has 19 heavy (non-hydrogen) atoms. The summed E-state index contributed by atoms with van der Waals surface area (Å²) in [4.78, 5) is 26.2. The molecule has 1 heterocycles. The quantitative estimate of drug-likeness (QED) is 0.739. The Kier molecular flexibility index (Phi) is 3.09. The molecule has 1 saturated heterocycles. The average molecular weight is 278 g/mol. The highest BCUT2D eigenvalue weighted by Gasteiger charge is 2.49. The fraction of sp³-hybridized carbons (Fsp3) is 0.467. The number of nitrogens with zero attached hydrogens (tertiary/aromatic N) is 1. The van der Waals surface area contributed by atoms with Crippen molar-refractivity contribution in [3.63, 3.8) is 0 Å². The topological polar surface area (TPSA) is 37.4 Å². The number of anilines is 1. The second kappa shape index (κ2) is 4.64. The number of carbonyl (C=O) groups excluding carboxylic acids is 2. The minimum atomic E-state index is -0.129. The molecule has 1 aromatic rings. The van der Waals surface area contributed by atoms with Crippen molar-refractivity contribution in [1.82, 2.24) is 0 Å². The minimum Gasteiger partial charge on any atom is -0.274 e. The van der Waals surface area contributed by atoms with Gasteiger partial charge >= 0.3 is 0 Å². The molecule has 0 radical (unpaired) electrons. The number of carbonyl (C=O) groups is 2. The SMILES string of the molecule is C[C@@H]1CC[C@H]2C(=O)N(c3cccc(Cl)c3)C(=O)[C@H]2C1. The molecular weight excluding hydrogens is 262 g/mol. The van der Waals surface area contributed by atoms with Crippen LogP contribution in [-0.2, 0) is 9.59 Å². The maximum atomic E-state index is 12.5. The molecule has 1 aliphatic heterocycles. The molecule has 3 atom stereocenters. The van der Waals surface area contributed by atoms with Crippen molar-refractivity contribution in [1.29, 1.82) is 0 Å². The fourth-order valence-corrected chi connectivity index (χ4v) is 3.44. The van der Waals surface area contributed by atoms with Gasteiger partial charge in [-0.1, -0.05) is 24.6 Å². The van der Waals surface area contributed by atoms with Crippen molar-refractivity contribution in [3.8, 4) is 0 Å². The van der Waals surface area contributed by atoms with Gasteiger partial charge in [-0.05, 0) is 43.4 Å². The standard InChI is InChI=1S/C15H16ClNO2/c1-9-5-6-12-13(7-9)15(19)17(14(12)18)11-4-2-3-10(16)8-11/h2-4,8-9,12-13H,5-7H2,1H3/t9-,12-,13+/m1/s1. The van der Waals surface area contributed by atoms with Crippen molar-refractivity contribution >= 4 is 29.1 Å². The summed E-state index contributed by atoms with van der Waals surface area (Å²) in [5.41, 5.74) is 0.601. The monoisotopic (exact) mass is 277 g/mol. The zero-order chi connectivity index (χ0) is 13.6. The van der Waals surface area contributed by atoms with Gasteiger partial charge in [0, 0.05) is 5.02 Å². The lowest BCUT2D eigenvalue weighted by molar-refractivity contribution is -0.122. The van der Waals surface area contributed by atoms with Crippen LogP contribution in [0.5, 0.6) is 0 Å². The van der Waals surface area contributed by atoms with Gasteiger partial charge in [-0.25, -0.2) is 0 Å². The van der Waals surface area contributed by atoms with Crippen LogP contribution in [0.2, 0.25) is 5.02 Å². The van der Waals surface area contributed by atoms with Gasteiger partial charge in [-0.2, -0.15) is 0 Å². The van der Waals surface area contributed by atoms with E-state index in [-0.39, 0.29) is 23.7 Å². The van der Waals surface area contributed by atoms with Gasteiger partial charge in [-0.3, -0.25) is 14.5 Å². The number of benzene rings is 1. The maximum absolute atomic E-state index is 12.5. The number of halogens is 1. The van der Waals surface area contributed by atoms with Crippen LogP contribution in [-0.4, -0.2) is 11.8 Å². The van der Waals surface area contributed by atoms with Gasteiger partial charge in [0.25, 0.3) is 0 Å². The molecule has 0 N–H and O–H groups in total. The first-order valence-corrected chi connectivity index (χ1v) is 7.09. The van der Waals surface area contributed by atoms with Crippen LogP contribution in [0.1, 0.15) is 26.2 Å². The molecule has 1 aliphatic carbocycles. The van der Waals surface area contributed by atoms with Crippen LogP contribution in [0.15, 0.2) is 24.3 Å². The van der Waals surface area contributed by atoms with E-state index in [1.165, 1.54) is 4.90 Å². The Morgan fingerprint density at radius 2 is 1.89 bits per heavy atom. The number of hydrogen-bond acceptors (Lipinski definition) is 2. The highest BCUT2D eigenvalue weighted by Crippen LogP contribution is 2.42. The lowest BCUT2D eigenvalue weighted by Gasteiger charge is -2.25. The summed E-state index contributed by atoms with van der Waals surface area (Å²) in [7, 11) is 0. The fourth-order valence-electron chi connectivity index (χ4n) is 3.26. The van der Waals surface area contributed by atoms with Crippen molar-refractivity contribution in [2.75, 3.05) is 4.90 Å². The number of hydrogen-bond donors (Lipinski definition) is 0. The molecule has 2 aliphatic rings. The van der Waals surface area contributed by atoms with Gasteiger partial charge in [-0.15, -0.1) is 0 Å². The van der Waals surface area contributed by atoms with E-state index in [9.17, 15) is 9.59 Å². The number of amides is 2. The van der Waals surface area contributed by atoms with Crippen molar-refractivity contribution in [2.24, 2.45) is 17.8 Å². The van der Waals surface area contributed by atoms with E-state index >= 15 is 0 Å². The predicted octanol–water partition coefficient (Wildman–Crippen LogP) is 3.27. The minimum absolute atomic E-state index is 0.0517. The van der Waals surface area contributed by atoms with E-state index in [4.69, 9.17) is 11.6 Å². The molecule has 3 nitrogen and oxygen atoms in total. The molecular formula is C15H16ClNO2. The summed E-state index contributed by atoms with van der Waals surface area (Å²) in [6.45, 7) is 2.15. The smallest absolute Gasteiger partial charge is 0.237 e. The summed E-state index contributed by atoms with van der Waals surface area (Å²) in [6, 6.07) is 6.95. The van der Waals surface area contributed by atoms with E-state index in [0.29, 0.717) is 16.6 Å². The Hall–Kier alpha value is -1.35. The summed E-state index contributed by atoms with van der Waals surface area (Å²) >= 11 is 5.95. The first-order valence-electron chi connectivity index (χ1n) is 6.71. The Balaban J connectivity index is 1.95. The zero-order valence-corrected chi connectivity index (χ0v) is 11.6. The molecule has 1 saturated carbocycles. The Morgan fingerprint density at radius 3 is 2.63 bits per heavy atom. The van der Waals surface area contributed by atoms with Gasteiger partial charge in [0.2, 0.25) is 11.8 Å². The van der Waals surface area contributed by atoms with Crippen molar-refractivity contribution in [3.05, 3.63) is 29.3 Å².